The number of ether oxygens (including phenoxy) is 1. The molecule has 1 aromatic carbocycles. The molecule has 1 heterocycles. The van der Waals surface area contributed by atoms with Crippen LogP contribution in [0.1, 0.15) is 37.0 Å². The smallest absolute Gasteiger partial charge is 0.339 e. The first-order valence-corrected chi connectivity index (χ1v) is 7.28. The molecular weight excluding hydrogens is 254 g/mol. The number of carbonyl (C=O) groups is 1. The quantitative estimate of drug-likeness (QED) is 0.899. The Hall–Kier alpha value is -1.55. The number of piperidine rings is 1. The molecular formula is C16H23NO3. The predicted molar refractivity (Wildman–Crippen MR) is 78.3 cm³/mol. The summed E-state index contributed by atoms with van der Waals surface area (Å²) in [5.41, 5.74) is 0.229. The summed E-state index contributed by atoms with van der Waals surface area (Å²) in [6.07, 6.45) is 2.53. The summed E-state index contributed by atoms with van der Waals surface area (Å²) in [4.78, 5) is 13.5. The van der Waals surface area contributed by atoms with E-state index in [2.05, 4.69) is 18.7 Å². The number of hydrogen-bond acceptors (Lipinski definition) is 3. The van der Waals surface area contributed by atoms with Crippen molar-refractivity contribution < 1.29 is 14.6 Å². The van der Waals surface area contributed by atoms with Crippen LogP contribution in [-0.2, 0) is 0 Å². The molecule has 4 heteroatoms. The molecule has 0 radical (unpaired) electrons. The van der Waals surface area contributed by atoms with E-state index in [1.807, 2.05) is 0 Å². The van der Waals surface area contributed by atoms with E-state index in [-0.39, 0.29) is 5.56 Å². The van der Waals surface area contributed by atoms with Crippen molar-refractivity contribution in [2.75, 3.05) is 19.7 Å². The fraction of sp³-hybridized carbons (Fsp3) is 0.562. The van der Waals surface area contributed by atoms with Gasteiger partial charge in [0.1, 0.15) is 17.9 Å². The number of carboxylic acid groups (broad SMARTS) is 1. The summed E-state index contributed by atoms with van der Waals surface area (Å²) in [5.74, 6) is 0.230. The second-order valence-electron chi connectivity index (χ2n) is 5.55. The second-order valence-corrected chi connectivity index (χ2v) is 5.55. The van der Waals surface area contributed by atoms with Gasteiger partial charge in [0.25, 0.3) is 0 Å². The average molecular weight is 277 g/mol. The summed E-state index contributed by atoms with van der Waals surface area (Å²) in [6, 6.07) is 7.37. The van der Waals surface area contributed by atoms with Crippen LogP contribution in [0.4, 0.5) is 0 Å². The van der Waals surface area contributed by atoms with Gasteiger partial charge in [0.2, 0.25) is 0 Å². The highest BCUT2D eigenvalue weighted by Crippen LogP contribution is 2.23. The summed E-state index contributed by atoms with van der Waals surface area (Å²) >= 11 is 0. The minimum absolute atomic E-state index is 0.229. The Morgan fingerprint density at radius 3 is 2.90 bits per heavy atom. The molecule has 4 nitrogen and oxygen atoms in total. The monoisotopic (exact) mass is 277 g/mol. The third kappa shape index (κ3) is 3.51. The number of aromatic carboxylic acids is 1. The van der Waals surface area contributed by atoms with E-state index in [0.29, 0.717) is 18.4 Å². The SMILES string of the molecule is CC1CCCN(CCOc2ccccc2C(=O)O)C1C. The van der Waals surface area contributed by atoms with Gasteiger partial charge in [0.15, 0.2) is 0 Å². The molecule has 0 saturated carbocycles. The van der Waals surface area contributed by atoms with Gasteiger partial charge in [-0.1, -0.05) is 19.1 Å². The first-order chi connectivity index (χ1) is 9.59. The largest absolute Gasteiger partial charge is 0.491 e. The van der Waals surface area contributed by atoms with Crippen LogP contribution >= 0.6 is 0 Å². The Morgan fingerprint density at radius 1 is 1.40 bits per heavy atom. The zero-order valence-electron chi connectivity index (χ0n) is 12.2. The van der Waals surface area contributed by atoms with Crippen LogP contribution in [0.3, 0.4) is 0 Å². The van der Waals surface area contributed by atoms with E-state index < -0.39 is 5.97 Å². The van der Waals surface area contributed by atoms with Gasteiger partial charge in [-0.15, -0.1) is 0 Å². The van der Waals surface area contributed by atoms with Crippen molar-refractivity contribution in [3.8, 4) is 5.75 Å². The molecule has 2 unspecified atom stereocenters. The topological polar surface area (TPSA) is 49.8 Å². The van der Waals surface area contributed by atoms with Crippen LogP contribution < -0.4 is 4.74 Å². The zero-order chi connectivity index (χ0) is 14.5. The van der Waals surface area contributed by atoms with Crippen LogP contribution in [-0.4, -0.2) is 41.7 Å². The highest BCUT2D eigenvalue weighted by molar-refractivity contribution is 5.90. The van der Waals surface area contributed by atoms with Gasteiger partial charge in [-0.3, -0.25) is 4.90 Å². The number of likely N-dealkylation sites (tertiary alicyclic amines) is 1. The first-order valence-electron chi connectivity index (χ1n) is 7.28. The molecule has 1 aliphatic rings. The van der Waals surface area contributed by atoms with Crippen LogP contribution in [0.5, 0.6) is 5.75 Å². The lowest BCUT2D eigenvalue weighted by Gasteiger charge is -2.37. The summed E-state index contributed by atoms with van der Waals surface area (Å²) < 4.78 is 5.66. The molecule has 1 aliphatic heterocycles. The Labute approximate surface area is 120 Å². The van der Waals surface area contributed by atoms with Gasteiger partial charge in [0.05, 0.1) is 0 Å². The van der Waals surface area contributed by atoms with Crippen molar-refractivity contribution in [1.29, 1.82) is 0 Å². The van der Waals surface area contributed by atoms with Crippen LogP contribution in [0.25, 0.3) is 0 Å². The third-order valence-corrected chi connectivity index (χ3v) is 4.26. The average Bonchev–Trinajstić information content (AvgIpc) is 2.44. The lowest BCUT2D eigenvalue weighted by atomic mass is 9.92. The third-order valence-electron chi connectivity index (χ3n) is 4.26. The predicted octanol–water partition coefficient (Wildman–Crippen LogP) is 2.88. The molecule has 0 bridgehead atoms. The van der Waals surface area contributed by atoms with Crippen molar-refractivity contribution in [2.45, 2.75) is 32.7 Å². The summed E-state index contributed by atoms with van der Waals surface area (Å²) in [5, 5.41) is 9.10. The molecule has 110 valence electrons. The van der Waals surface area contributed by atoms with Crippen molar-refractivity contribution in [2.24, 2.45) is 5.92 Å². The van der Waals surface area contributed by atoms with Crippen molar-refractivity contribution in [1.82, 2.24) is 4.90 Å². The van der Waals surface area contributed by atoms with Crippen LogP contribution in [0.2, 0.25) is 0 Å². The molecule has 1 fully saturated rings. The molecule has 1 aromatic rings. The number of nitrogens with zero attached hydrogens (tertiary/aromatic N) is 1. The van der Waals surface area contributed by atoms with Gasteiger partial charge in [-0.25, -0.2) is 4.79 Å². The minimum atomic E-state index is -0.944. The molecule has 1 saturated heterocycles. The maximum Gasteiger partial charge on any atom is 0.339 e. The summed E-state index contributed by atoms with van der Waals surface area (Å²) in [6.45, 7) is 7.03. The van der Waals surface area contributed by atoms with E-state index >= 15 is 0 Å². The first kappa shape index (κ1) is 14.9. The molecule has 0 spiro atoms. The maximum atomic E-state index is 11.1. The van der Waals surface area contributed by atoms with Crippen molar-refractivity contribution in [3.63, 3.8) is 0 Å². The van der Waals surface area contributed by atoms with Gasteiger partial charge >= 0.3 is 5.97 Å². The molecule has 0 aromatic heterocycles. The van der Waals surface area contributed by atoms with E-state index in [0.717, 1.165) is 19.0 Å². The Bertz CT molecular complexity index is 461. The van der Waals surface area contributed by atoms with Gasteiger partial charge in [-0.05, 0) is 44.4 Å². The molecule has 2 rings (SSSR count). The molecule has 0 aliphatic carbocycles. The number of hydrogen-bond donors (Lipinski definition) is 1. The van der Waals surface area contributed by atoms with Crippen LogP contribution in [0.15, 0.2) is 24.3 Å². The normalized spacial score (nSPS) is 23.5. The van der Waals surface area contributed by atoms with E-state index in [4.69, 9.17) is 9.84 Å². The van der Waals surface area contributed by atoms with Crippen molar-refractivity contribution in [3.05, 3.63) is 29.8 Å². The number of carboxylic acids is 1. The maximum absolute atomic E-state index is 11.1. The van der Waals surface area contributed by atoms with Gasteiger partial charge in [0, 0.05) is 12.6 Å². The van der Waals surface area contributed by atoms with E-state index in [1.54, 1.807) is 24.3 Å². The second kappa shape index (κ2) is 6.75. The standard InChI is InChI=1S/C16H23NO3/c1-12-6-5-9-17(13(12)2)10-11-20-15-8-4-3-7-14(15)16(18)19/h3-4,7-8,12-13H,5-6,9-11H2,1-2H3,(H,18,19). The fourth-order valence-corrected chi connectivity index (χ4v) is 2.78. The van der Waals surface area contributed by atoms with E-state index in [1.165, 1.54) is 12.8 Å². The fourth-order valence-electron chi connectivity index (χ4n) is 2.78. The lowest BCUT2D eigenvalue weighted by molar-refractivity contribution is 0.0688. The van der Waals surface area contributed by atoms with Gasteiger partial charge in [-0.2, -0.15) is 0 Å². The van der Waals surface area contributed by atoms with E-state index in [9.17, 15) is 4.79 Å². The number of rotatable bonds is 5. The Morgan fingerprint density at radius 2 is 2.15 bits per heavy atom. The highest BCUT2D eigenvalue weighted by Gasteiger charge is 2.24. The summed E-state index contributed by atoms with van der Waals surface area (Å²) in [7, 11) is 0. The number of benzene rings is 1. The lowest BCUT2D eigenvalue weighted by Crippen LogP contribution is -2.44. The Balaban J connectivity index is 1.88. The highest BCUT2D eigenvalue weighted by atomic mass is 16.5. The number of para-hydroxylation sites is 1. The molecule has 20 heavy (non-hydrogen) atoms. The minimum Gasteiger partial charge on any atom is -0.491 e. The molecule has 1 N–H and O–H groups in total. The zero-order valence-corrected chi connectivity index (χ0v) is 12.2. The van der Waals surface area contributed by atoms with Crippen molar-refractivity contribution >= 4 is 5.97 Å². The Kier molecular flexibility index (Phi) is 5.01. The molecule has 2 atom stereocenters. The van der Waals surface area contributed by atoms with Crippen LogP contribution in [0, 0.1) is 5.92 Å². The molecule has 0 amide bonds. The van der Waals surface area contributed by atoms with Gasteiger partial charge < -0.3 is 9.84 Å².